The quantitative estimate of drug-likeness (QED) is 0.416. The van der Waals surface area contributed by atoms with E-state index in [0.717, 1.165) is 32.0 Å². The van der Waals surface area contributed by atoms with Gasteiger partial charge in [-0.3, -0.25) is 9.67 Å². The van der Waals surface area contributed by atoms with Crippen molar-refractivity contribution in [2.75, 3.05) is 27.2 Å². The van der Waals surface area contributed by atoms with Crippen LogP contribution in [-0.2, 0) is 24.9 Å². The lowest BCUT2D eigenvalue weighted by Gasteiger charge is -2.21. The Morgan fingerprint density at radius 2 is 2.04 bits per heavy atom. The molecule has 2 heterocycles. The van der Waals surface area contributed by atoms with Crippen LogP contribution in [0.2, 0.25) is 0 Å². The Hall–Kier alpha value is -1.61. The van der Waals surface area contributed by atoms with Crippen molar-refractivity contribution in [1.29, 1.82) is 0 Å². The van der Waals surface area contributed by atoms with Crippen molar-refractivity contribution in [3.63, 3.8) is 0 Å². The normalized spacial score (nSPS) is 17.3. The molecule has 1 unspecified atom stereocenters. The van der Waals surface area contributed by atoms with E-state index in [2.05, 4.69) is 50.8 Å². The van der Waals surface area contributed by atoms with Crippen LogP contribution in [-0.4, -0.2) is 47.9 Å². The number of nitrogens with zero attached hydrogens (tertiary/aromatic N) is 4. The second-order valence-electron chi connectivity index (χ2n) is 6.53. The first-order valence-electron chi connectivity index (χ1n) is 8.70. The van der Waals surface area contributed by atoms with Crippen molar-refractivity contribution in [1.82, 2.24) is 20.0 Å². The minimum Gasteiger partial charge on any atom is -0.380 e. The molecule has 1 aliphatic heterocycles. The maximum atomic E-state index is 5.15. The lowest BCUT2D eigenvalue weighted by Crippen LogP contribution is -2.39. The summed E-state index contributed by atoms with van der Waals surface area (Å²) in [6, 6.07) is 8.49. The van der Waals surface area contributed by atoms with Crippen LogP contribution in [0.5, 0.6) is 0 Å². The second kappa shape index (κ2) is 9.91. The fourth-order valence-electron chi connectivity index (χ4n) is 3.31. The fourth-order valence-corrected chi connectivity index (χ4v) is 3.31. The number of likely N-dealkylation sites (tertiary alicyclic amines) is 1. The van der Waals surface area contributed by atoms with Gasteiger partial charge in [-0.25, -0.2) is 0 Å². The van der Waals surface area contributed by atoms with Crippen LogP contribution in [0.15, 0.2) is 41.7 Å². The number of halogens is 1. The van der Waals surface area contributed by atoms with Gasteiger partial charge in [-0.2, -0.15) is 5.10 Å². The lowest BCUT2D eigenvalue weighted by atomic mass is 10.0. The third-order valence-corrected chi connectivity index (χ3v) is 4.68. The molecule has 1 aromatic heterocycles. The molecule has 1 fully saturated rings. The summed E-state index contributed by atoms with van der Waals surface area (Å²) in [4.78, 5) is 6.79. The van der Waals surface area contributed by atoms with E-state index in [-0.39, 0.29) is 24.0 Å². The molecule has 7 heteroatoms. The van der Waals surface area contributed by atoms with E-state index in [1.54, 1.807) is 7.11 Å². The van der Waals surface area contributed by atoms with Crippen molar-refractivity contribution >= 4 is 29.9 Å². The number of aliphatic imine (C=N–C) groups is 1. The van der Waals surface area contributed by atoms with E-state index in [1.165, 1.54) is 16.7 Å². The standard InChI is InChI=1S/C19H27N5O.HI/c1-20-19(21-10-15-4-6-16(7-5-15)14-25-3)24-9-8-17(13-24)18-11-22-23(2)12-18;/h4-7,11-12,17H,8-10,13-14H2,1-3H3,(H,20,21);1H. The first-order valence-corrected chi connectivity index (χ1v) is 8.70. The smallest absolute Gasteiger partial charge is 0.193 e. The number of aromatic nitrogens is 2. The number of aryl methyl sites for hydroxylation is 1. The number of rotatable bonds is 5. The number of methoxy groups -OCH3 is 1. The molecule has 1 atom stereocenters. The predicted octanol–water partition coefficient (Wildman–Crippen LogP) is 2.75. The van der Waals surface area contributed by atoms with Crippen LogP contribution in [0, 0.1) is 0 Å². The molecule has 26 heavy (non-hydrogen) atoms. The number of ether oxygens (including phenoxy) is 1. The molecule has 0 bridgehead atoms. The summed E-state index contributed by atoms with van der Waals surface area (Å²) in [6.45, 7) is 3.43. The highest BCUT2D eigenvalue weighted by Crippen LogP contribution is 2.26. The molecule has 0 saturated carbocycles. The molecule has 1 aliphatic rings. The predicted molar refractivity (Wildman–Crippen MR) is 115 cm³/mol. The molecule has 3 rings (SSSR count). The first-order chi connectivity index (χ1) is 12.2. The monoisotopic (exact) mass is 469 g/mol. The molecule has 142 valence electrons. The zero-order chi connectivity index (χ0) is 17.6. The number of hydrogen-bond acceptors (Lipinski definition) is 3. The molecule has 2 aromatic rings. The van der Waals surface area contributed by atoms with E-state index in [9.17, 15) is 0 Å². The summed E-state index contributed by atoms with van der Waals surface area (Å²) < 4.78 is 7.02. The van der Waals surface area contributed by atoms with E-state index in [4.69, 9.17) is 4.74 Å². The Bertz CT molecular complexity index is 713. The van der Waals surface area contributed by atoms with Crippen LogP contribution < -0.4 is 5.32 Å². The highest BCUT2D eigenvalue weighted by atomic mass is 127. The Morgan fingerprint density at radius 1 is 1.31 bits per heavy atom. The zero-order valence-corrected chi connectivity index (χ0v) is 18.0. The first kappa shape index (κ1) is 20.7. The fraction of sp³-hybridized carbons (Fsp3) is 0.474. The van der Waals surface area contributed by atoms with Gasteiger partial charge in [-0.1, -0.05) is 24.3 Å². The van der Waals surface area contributed by atoms with Gasteiger partial charge in [0.15, 0.2) is 5.96 Å². The summed E-state index contributed by atoms with van der Waals surface area (Å²) in [5.41, 5.74) is 3.74. The summed E-state index contributed by atoms with van der Waals surface area (Å²) in [5.74, 6) is 1.49. The molecule has 0 amide bonds. The Morgan fingerprint density at radius 3 is 2.65 bits per heavy atom. The van der Waals surface area contributed by atoms with Crippen LogP contribution in [0.3, 0.4) is 0 Å². The van der Waals surface area contributed by atoms with Crippen molar-refractivity contribution in [3.8, 4) is 0 Å². The summed E-state index contributed by atoms with van der Waals surface area (Å²) in [7, 11) is 5.53. The Labute approximate surface area is 172 Å². The maximum absolute atomic E-state index is 5.15. The SMILES string of the molecule is CN=C(NCc1ccc(COC)cc1)N1CCC(c2cnn(C)c2)C1.I. The molecule has 0 aliphatic carbocycles. The minimum absolute atomic E-state index is 0. The van der Waals surface area contributed by atoms with Gasteiger partial charge >= 0.3 is 0 Å². The topological polar surface area (TPSA) is 54.7 Å². The van der Waals surface area contributed by atoms with Crippen LogP contribution in [0.4, 0.5) is 0 Å². The minimum atomic E-state index is 0. The lowest BCUT2D eigenvalue weighted by molar-refractivity contribution is 0.185. The van der Waals surface area contributed by atoms with Crippen LogP contribution >= 0.6 is 24.0 Å². The molecular formula is C19H28IN5O. The van der Waals surface area contributed by atoms with Gasteiger partial charge in [-0.05, 0) is 23.1 Å². The molecule has 1 saturated heterocycles. The Balaban J connectivity index is 0.00000243. The largest absolute Gasteiger partial charge is 0.380 e. The van der Waals surface area contributed by atoms with Crippen molar-refractivity contribution in [2.24, 2.45) is 12.0 Å². The highest BCUT2D eigenvalue weighted by molar-refractivity contribution is 14.0. The second-order valence-corrected chi connectivity index (χ2v) is 6.53. The molecule has 0 spiro atoms. The molecular weight excluding hydrogens is 441 g/mol. The van der Waals surface area contributed by atoms with E-state index >= 15 is 0 Å². The van der Waals surface area contributed by atoms with Crippen molar-refractivity contribution < 1.29 is 4.74 Å². The number of nitrogens with one attached hydrogen (secondary N) is 1. The zero-order valence-electron chi connectivity index (χ0n) is 15.7. The van der Waals surface area contributed by atoms with E-state index < -0.39 is 0 Å². The van der Waals surface area contributed by atoms with Gasteiger partial charge in [0.2, 0.25) is 0 Å². The highest BCUT2D eigenvalue weighted by Gasteiger charge is 2.26. The molecule has 1 aromatic carbocycles. The number of hydrogen-bond donors (Lipinski definition) is 1. The maximum Gasteiger partial charge on any atom is 0.193 e. The molecule has 6 nitrogen and oxygen atoms in total. The summed E-state index contributed by atoms with van der Waals surface area (Å²) >= 11 is 0. The third-order valence-electron chi connectivity index (χ3n) is 4.68. The van der Waals surface area contributed by atoms with Gasteiger partial charge in [-0.15, -0.1) is 24.0 Å². The average molecular weight is 469 g/mol. The Kier molecular flexibility index (Phi) is 7.89. The van der Waals surface area contributed by atoms with Crippen LogP contribution in [0.1, 0.15) is 29.0 Å². The molecule has 0 radical (unpaired) electrons. The number of benzene rings is 1. The summed E-state index contributed by atoms with van der Waals surface area (Å²) in [6.07, 6.45) is 5.23. The van der Waals surface area contributed by atoms with Gasteiger partial charge in [0.1, 0.15) is 0 Å². The van der Waals surface area contributed by atoms with Crippen LogP contribution in [0.25, 0.3) is 0 Å². The average Bonchev–Trinajstić information content (AvgIpc) is 3.26. The van der Waals surface area contributed by atoms with Crippen molar-refractivity contribution in [3.05, 3.63) is 53.3 Å². The van der Waals surface area contributed by atoms with E-state index in [0.29, 0.717) is 12.5 Å². The third kappa shape index (κ3) is 5.20. The van der Waals surface area contributed by atoms with Crippen molar-refractivity contribution in [2.45, 2.75) is 25.5 Å². The number of guanidine groups is 1. The summed E-state index contributed by atoms with van der Waals surface area (Å²) in [5, 5.41) is 7.77. The molecule has 1 N–H and O–H groups in total. The van der Waals surface area contributed by atoms with Gasteiger partial charge < -0.3 is 15.0 Å². The van der Waals surface area contributed by atoms with Gasteiger partial charge in [0.05, 0.1) is 12.8 Å². The van der Waals surface area contributed by atoms with E-state index in [1.807, 2.05) is 25.0 Å². The van der Waals surface area contributed by atoms with Gasteiger partial charge in [0, 0.05) is 53.0 Å². The van der Waals surface area contributed by atoms with Gasteiger partial charge in [0.25, 0.3) is 0 Å².